The normalized spacial score (nSPS) is 15.3. The third-order valence-electron chi connectivity index (χ3n) is 5.80. The molecule has 1 aliphatic rings. The minimum atomic E-state index is -4.04. The highest BCUT2D eigenvalue weighted by Crippen LogP contribution is 2.34. The van der Waals surface area contributed by atoms with Crippen molar-refractivity contribution < 1.29 is 16.8 Å². The van der Waals surface area contributed by atoms with E-state index in [2.05, 4.69) is 58.8 Å². The number of rotatable bonds is 7. The van der Waals surface area contributed by atoms with Crippen molar-refractivity contribution in [3.63, 3.8) is 0 Å². The molecule has 10 heteroatoms. The van der Waals surface area contributed by atoms with E-state index in [0.29, 0.717) is 23.1 Å². The zero-order valence-electron chi connectivity index (χ0n) is 20.0. The Morgan fingerprint density at radius 2 is 1.82 bits per heavy atom. The molecule has 8 nitrogen and oxygen atoms in total. The van der Waals surface area contributed by atoms with Gasteiger partial charge in [-0.15, -0.1) is 4.40 Å². The van der Waals surface area contributed by atoms with Gasteiger partial charge in [0.05, 0.1) is 11.9 Å². The van der Waals surface area contributed by atoms with Crippen molar-refractivity contribution in [3.8, 4) is 0 Å². The predicted molar refractivity (Wildman–Crippen MR) is 138 cm³/mol. The highest BCUT2D eigenvalue weighted by molar-refractivity contribution is 7.92. The van der Waals surface area contributed by atoms with E-state index in [-0.39, 0.29) is 16.4 Å². The molecule has 0 saturated heterocycles. The Bertz CT molecular complexity index is 1500. The van der Waals surface area contributed by atoms with Crippen molar-refractivity contribution in [2.45, 2.75) is 51.5 Å². The predicted octanol–water partition coefficient (Wildman–Crippen LogP) is 4.74. The molecule has 0 spiro atoms. The van der Waals surface area contributed by atoms with Crippen molar-refractivity contribution in [1.29, 1.82) is 0 Å². The number of nitrogens with one attached hydrogen (secondary N) is 2. The van der Waals surface area contributed by atoms with Crippen LogP contribution in [0.1, 0.15) is 51.2 Å². The molecule has 0 saturated carbocycles. The third-order valence-corrected chi connectivity index (χ3v) is 7.73. The molecular weight excluding hydrogens is 472 g/mol. The molecule has 0 aliphatic carbocycles. The summed E-state index contributed by atoms with van der Waals surface area (Å²) in [6.45, 7) is 9.46. The van der Waals surface area contributed by atoms with Crippen LogP contribution in [0.15, 0.2) is 51.9 Å². The fourth-order valence-electron chi connectivity index (χ4n) is 3.99. The second-order valence-electron chi connectivity index (χ2n) is 9.48. The zero-order chi connectivity index (χ0) is 24.8. The lowest BCUT2D eigenvalue weighted by Crippen LogP contribution is -2.22. The molecule has 4 rings (SSSR count). The number of hydrogen-bond acceptors (Lipinski definition) is 5. The lowest BCUT2D eigenvalue weighted by atomic mass is 10.0. The molecule has 1 aromatic heterocycles. The Balaban J connectivity index is 1.81. The standard InChI is InChI=1S/C24H30N4O4S2/c1-15(2)10-11-28-14-20(19-8-6-17(16(3)4)12-22(19)28)24-25-21-9-7-18(26-33(5,29)30)13-23(21)34(31,32)27-24/h6-9,12-16,26H,10-11H2,1-5H3,(H,25,27). The van der Waals surface area contributed by atoms with Crippen LogP contribution in [0.2, 0.25) is 0 Å². The minimum absolute atomic E-state index is 0.0736. The largest absolute Gasteiger partial charge is 0.347 e. The summed E-state index contributed by atoms with van der Waals surface area (Å²) in [6, 6.07) is 10.6. The Morgan fingerprint density at radius 1 is 1.09 bits per heavy atom. The quantitative estimate of drug-likeness (QED) is 0.485. The Morgan fingerprint density at radius 3 is 2.47 bits per heavy atom. The number of anilines is 2. The first-order valence-electron chi connectivity index (χ1n) is 11.2. The summed E-state index contributed by atoms with van der Waals surface area (Å²) in [5.74, 6) is 1.15. The van der Waals surface area contributed by atoms with Gasteiger partial charge in [-0.1, -0.05) is 39.8 Å². The molecule has 2 N–H and O–H groups in total. The minimum Gasteiger partial charge on any atom is -0.347 e. The van der Waals surface area contributed by atoms with Crippen LogP contribution in [0.4, 0.5) is 11.4 Å². The smallest absolute Gasteiger partial charge is 0.286 e. The third kappa shape index (κ3) is 4.97. The number of fused-ring (bicyclic) bond motifs is 2. The van der Waals surface area contributed by atoms with Crippen molar-refractivity contribution in [2.24, 2.45) is 10.3 Å². The number of sulfonamides is 2. The van der Waals surface area contributed by atoms with E-state index >= 15 is 0 Å². The van der Waals surface area contributed by atoms with Gasteiger partial charge in [0, 0.05) is 34.9 Å². The van der Waals surface area contributed by atoms with Crippen LogP contribution in [-0.2, 0) is 26.6 Å². The summed E-state index contributed by atoms with van der Waals surface area (Å²) in [6.07, 6.45) is 3.96. The number of hydrogen-bond donors (Lipinski definition) is 2. The molecule has 2 heterocycles. The highest BCUT2D eigenvalue weighted by Gasteiger charge is 2.28. The molecular formula is C24H30N4O4S2. The molecule has 0 unspecified atom stereocenters. The molecule has 0 radical (unpaired) electrons. The maximum absolute atomic E-state index is 13.1. The number of benzene rings is 2. The lowest BCUT2D eigenvalue weighted by Gasteiger charge is -2.19. The van der Waals surface area contributed by atoms with E-state index in [1.807, 2.05) is 12.3 Å². The summed E-state index contributed by atoms with van der Waals surface area (Å²) >= 11 is 0. The summed E-state index contributed by atoms with van der Waals surface area (Å²) < 4.78 is 57.8. The van der Waals surface area contributed by atoms with Gasteiger partial charge in [0.25, 0.3) is 10.0 Å². The van der Waals surface area contributed by atoms with Gasteiger partial charge in [-0.3, -0.25) is 4.72 Å². The molecule has 34 heavy (non-hydrogen) atoms. The average molecular weight is 503 g/mol. The maximum atomic E-state index is 13.1. The Labute approximate surface area is 201 Å². The molecule has 182 valence electrons. The lowest BCUT2D eigenvalue weighted by molar-refractivity contribution is 0.524. The van der Waals surface area contributed by atoms with Crippen LogP contribution in [0, 0.1) is 5.92 Å². The summed E-state index contributed by atoms with van der Waals surface area (Å²) in [5.41, 5.74) is 3.48. The van der Waals surface area contributed by atoms with Crippen molar-refractivity contribution in [1.82, 2.24) is 4.57 Å². The maximum Gasteiger partial charge on any atom is 0.286 e. The average Bonchev–Trinajstić information content (AvgIpc) is 3.09. The van der Waals surface area contributed by atoms with E-state index in [4.69, 9.17) is 0 Å². The second-order valence-corrected chi connectivity index (χ2v) is 12.8. The van der Waals surface area contributed by atoms with Gasteiger partial charge in [0.2, 0.25) is 10.0 Å². The van der Waals surface area contributed by atoms with Gasteiger partial charge < -0.3 is 9.88 Å². The molecule has 0 atom stereocenters. The summed E-state index contributed by atoms with van der Waals surface area (Å²) in [7, 11) is -7.58. The van der Waals surface area contributed by atoms with E-state index in [9.17, 15) is 16.8 Å². The second kappa shape index (κ2) is 8.74. The van der Waals surface area contributed by atoms with Gasteiger partial charge >= 0.3 is 0 Å². The van der Waals surface area contributed by atoms with Crippen LogP contribution in [-0.4, -0.2) is 33.5 Å². The van der Waals surface area contributed by atoms with Gasteiger partial charge in [-0.25, -0.2) is 8.42 Å². The van der Waals surface area contributed by atoms with E-state index in [0.717, 1.165) is 30.1 Å². The van der Waals surface area contributed by atoms with Crippen LogP contribution in [0.5, 0.6) is 0 Å². The topological polar surface area (TPSA) is 110 Å². The van der Waals surface area contributed by atoms with Crippen LogP contribution < -0.4 is 10.0 Å². The highest BCUT2D eigenvalue weighted by atomic mass is 32.2. The van der Waals surface area contributed by atoms with E-state index < -0.39 is 20.0 Å². The SMILES string of the molecule is CC(C)CCn1cc(C2=NS(=O)(=O)c3cc(NS(C)(=O)=O)ccc3N2)c2ccc(C(C)C)cc21. The van der Waals surface area contributed by atoms with Crippen LogP contribution in [0.3, 0.4) is 0 Å². The Hall–Kier alpha value is -2.85. The first-order valence-corrected chi connectivity index (χ1v) is 14.5. The molecule has 1 aliphatic heterocycles. The van der Waals surface area contributed by atoms with Crippen LogP contribution in [0.25, 0.3) is 10.9 Å². The monoisotopic (exact) mass is 502 g/mol. The number of nitrogens with zero attached hydrogens (tertiary/aromatic N) is 2. The Kier molecular flexibility index (Phi) is 6.24. The summed E-state index contributed by atoms with van der Waals surface area (Å²) in [5, 5.41) is 4.07. The first kappa shape index (κ1) is 24.3. The van der Waals surface area contributed by atoms with Crippen molar-refractivity contribution in [2.75, 3.05) is 16.3 Å². The number of amidine groups is 1. The van der Waals surface area contributed by atoms with E-state index in [1.165, 1.54) is 17.7 Å². The fourth-order valence-corrected chi connectivity index (χ4v) is 5.70. The molecule has 0 amide bonds. The van der Waals surface area contributed by atoms with Crippen LogP contribution >= 0.6 is 0 Å². The van der Waals surface area contributed by atoms with E-state index in [1.54, 1.807) is 6.07 Å². The molecule has 2 aromatic carbocycles. The van der Waals surface area contributed by atoms with Crippen molar-refractivity contribution >= 4 is 48.2 Å². The first-order chi connectivity index (χ1) is 15.8. The number of aryl methyl sites for hydroxylation is 1. The molecule has 0 bridgehead atoms. The number of aromatic nitrogens is 1. The van der Waals surface area contributed by atoms with Gasteiger partial charge in [0.15, 0.2) is 5.84 Å². The summed E-state index contributed by atoms with van der Waals surface area (Å²) in [4.78, 5) is -0.0736. The van der Waals surface area contributed by atoms with Gasteiger partial charge in [-0.2, -0.15) is 8.42 Å². The molecule has 0 fully saturated rings. The van der Waals surface area contributed by atoms with Gasteiger partial charge in [0.1, 0.15) is 4.90 Å². The van der Waals surface area contributed by atoms with Gasteiger partial charge in [-0.05, 0) is 48.1 Å². The van der Waals surface area contributed by atoms with Crippen molar-refractivity contribution in [3.05, 3.63) is 53.7 Å². The zero-order valence-corrected chi connectivity index (χ0v) is 21.6. The fraction of sp³-hybridized carbons (Fsp3) is 0.375. The molecule has 3 aromatic rings.